The van der Waals surface area contributed by atoms with Crippen molar-refractivity contribution in [3.8, 4) is 0 Å². The van der Waals surface area contributed by atoms with Gasteiger partial charge in [0.05, 0.1) is 18.7 Å². The molecule has 1 N–H and O–H groups in total. The predicted octanol–water partition coefficient (Wildman–Crippen LogP) is 2.38. The number of nitrogens with one attached hydrogen (secondary N) is 1. The number of benzene rings is 1. The largest absolute Gasteiger partial charge is 0.382 e. The molecule has 2 aromatic rings. The zero-order chi connectivity index (χ0) is 14.0. The highest BCUT2D eigenvalue weighted by Gasteiger charge is 2.00. The molecule has 4 heteroatoms. The van der Waals surface area contributed by atoms with Crippen molar-refractivity contribution in [1.29, 1.82) is 0 Å². The molecule has 0 spiro atoms. The number of hydrogen-bond acceptors (Lipinski definition) is 4. The first-order valence-corrected chi connectivity index (χ1v) is 7.02. The molecule has 1 aromatic heterocycles. The SMILES string of the molecule is COCCOCCCNCc1ccnc2ccccc12. The molecule has 1 aromatic carbocycles. The predicted molar refractivity (Wildman–Crippen MR) is 80.8 cm³/mol. The van der Waals surface area contributed by atoms with Crippen LogP contribution in [0.3, 0.4) is 0 Å². The van der Waals surface area contributed by atoms with Gasteiger partial charge < -0.3 is 14.8 Å². The molecule has 0 saturated heterocycles. The highest BCUT2D eigenvalue weighted by molar-refractivity contribution is 5.81. The quantitative estimate of drug-likeness (QED) is 0.713. The Hall–Kier alpha value is -1.49. The second kappa shape index (κ2) is 8.64. The number of ether oxygens (including phenoxy) is 2. The summed E-state index contributed by atoms with van der Waals surface area (Å²) in [6, 6.07) is 10.3. The van der Waals surface area contributed by atoms with Crippen molar-refractivity contribution >= 4 is 10.9 Å². The number of methoxy groups -OCH3 is 1. The van der Waals surface area contributed by atoms with E-state index < -0.39 is 0 Å². The Balaban J connectivity index is 1.71. The fourth-order valence-corrected chi connectivity index (χ4v) is 2.08. The summed E-state index contributed by atoms with van der Waals surface area (Å²) in [4.78, 5) is 4.37. The first-order chi connectivity index (χ1) is 9.92. The number of aromatic nitrogens is 1. The minimum absolute atomic E-state index is 0.663. The van der Waals surface area contributed by atoms with Gasteiger partial charge in [-0.1, -0.05) is 18.2 Å². The van der Waals surface area contributed by atoms with Gasteiger partial charge >= 0.3 is 0 Å². The Morgan fingerprint density at radius 2 is 2.00 bits per heavy atom. The van der Waals surface area contributed by atoms with Crippen molar-refractivity contribution in [2.45, 2.75) is 13.0 Å². The van der Waals surface area contributed by atoms with E-state index in [1.807, 2.05) is 18.3 Å². The summed E-state index contributed by atoms with van der Waals surface area (Å²) in [5.41, 5.74) is 2.34. The van der Waals surface area contributed by atoms with E-state index in [4.69, 9.17) is 9.47 Å². The lowest BCUT2D eigenvalue weighted by molar-refractivity contribution is 0.0695. The summed E-state index contributed by atoms with van der Waals surface area (Å²) in [6.07, 6.45) is 2.87. The van der Waals surface area contributed by atoms with Crippen molar-refractivity contribution < 1.29 is 9.47 Å². The molecule has 20 heavy (non-hydrogen) atoms. The number of fused-ring (bicyclic) bond motifs is 1. The molecular weight excluding hydrogens is 252 g/mol. The molecule has 0 aliphatic heterocycles. The molecule has 0 saturated carbocycles. The minimum atomic E-state index is 0.663. The zero-order valence-corrected chi connectivity index (χ0v) is 12.0. The molecule has 2 rings (SSSR count). The summed E-state index contributed by atoms with van der Waals surface area (Å²) in [6.45, 7) is 3.92. The summed E-state index contributed by atoms with van der Waals surface area (Å²) in [7, 11) is 1.68. The Morgan fingerprint density at radius 3 is 2.90 bits per heavy atom. The number of rotatable bonds is 9. The van der Waals surface area contributed by atoms with Crippen molar-refractivity contribution in [3.63, 3.8) is 0 Å². The standard InChI is InChI=1S/C16H22N2O2/c1-19-11-12-20-10-4-8-17-13-14-7-9-18-16-6-3-2-5-15(14)16/h2-3,5-7,9,17H,4,8,10-13H2,1H3. The highest BCUT2D eigenvalue weighted by atomic mass is 16.5. The van der Waals surface area contributed by atoms with E-state index in [0.29, 0.717) is 13.2 Å². The second-order valence-corrected chi connectivity index (χ2v) is 4.62. The number of pyridine rings is 1. The molecule has 0 unspecified atom stereocenters. The highest BCUT2D eigenvalue weighted by Crippen LogP contribution is 2.15. The van der Waals surface area contributed by atoms with Gasteiger partial charge in [-0.3, -0.25) is 4.98 Å². The topological polar surface area (TPSA) is 43.4 Å². The van der Waals surface area contributed by atoms with E-state index in [9.17, 15) is 0 Å². The van der Waals surface area contributed by atoms with Gasteiger partial charge in [-0.2, -0.15) is 0 Å². The van der Waals surface area contributed by atoms with Gasteiger partial charge in [-0.05, 0) is 30.7 Å². The molecule has 0 amide bonds. The first kappa shape index (κ1) is 14.9. The number of para-hydroxylation sites is 1. The molecule has 1 heterocycles. The third kappa shape index (κ3) is 4.56. The van der Waals surface area contributed by atoms with E-state index in [1.165, 1.54) is 10.9 Å². The van der Waals surface area contributed by atoms with E-state index in [-0.39, 0.29) is 0 Å². The van der Waals surface area contributed by atoms with Gasteiger partial charge in [0, 0.05) is 31.8 Å². The van der Waals surface area contributed by atoms with Crippen LogP contribution in [-0.2, 0) is 16.0 Å². The minimum Gasteiger partial charge on any atom is -0.382 e. The van der Waals surface area contributed by atoms with Crippen molar-refractivity contribution in [1.82, 2.24) is 10.3 Å². The third-order valence-corrected chi connectivity index (χ3v) is 3.13. The molecule has 0 aliphatic rings. The molecule has 0 aliphatic carbocycles. The van der Waals surface area contributed by atoms with Gasteiger partial charge in [0.25, 0.3) is 0 Å². The van der Waals surface area contributed by atoms with Crippen LogP contribution < -0.4 is 5.32 Å². The Labute approximate surface area is 120 Å². The molecule has 108 valence electrons. The summed E-state index contributed by atoms with van der Waals surface area (Å²) >= 11 is 0. The van der Waals surface area contributed by atoms with E-state index in [0.717, 1.165) is 31.6 Å². The monoisotopic (exact) mass is 274 g/mol. The molecular formula is C16H22N2O2. The molecule has 0 atom stereocenters. The summed E-state index contributed by atoms with van der Waals surface area (Å²) in [5.74, 6) is 0. The van der Waals surface area contributed by atoms with Crippen LogP contribution >= 0.6 is 0 Å². The van der Waals surface area contributed by atoms with Gasteiger partial charge in [-0.15, -0.1) is 0 Å². The smallest absolute Gasteiger partial charge is 0.0705 e. The molecule has 0 fully saturated rings. The van der Waals surface area contributed by atoms with E-state index >= 15 is 0 Å². The van der Waals surface area contributed by atoms with Crippen LogP contribution in [0.2, 0.25) is 0 Å². The Kier molecular flexibility index (Phi) is 6.44. The lowest BCUT2D eigenvalue weighted by atomic mass is 10.1. The maximum Gasteiger partial charge on any atom is 0.0705 e. The van der Waals surface area contributed by atoms with Gasteiger partial charge in [0.1, 0.15) is 0 Å². The van der Waals surface area contributed by atoms with Gasteiger partial charge in [0.2, 0.25) is 0 Å². The average Bonchev–Trinajstić information content (AvgIpc) is 2.50. The zero-order valence-electron chi connectivity index (χ0n) is 12.0. The lowest BCUT2D eigenvalue weighted by Gasteiger charge is -2.08. The van der Waals surface area contributed by atoms with Crippen LogP contribution in [0.15, 0.2) is 36.5 Å². The van der Waals surface area contributed by atoms with Crippen LogP contribution in [0.5, 0.6) is 0 Å². The lowest BCUT2D eigenvalue weighted by Crippen LogP contribution is -2.17. The van der Waals surface area contributed by atoms with Crippen molar-refractivity contribution in [2.75, 3.05) is 33.5 Å². The molecule has 0 radical (unpaired) electrons. The fraction of sp³-hybridized carbons (Fsp3) is 0.438. The summed E-state index contributed by atoms with van der Waals surface area (Å²) < 4.78 is 10.3. The van der Waals surface area contributed by atoms with E-state index in [2.05, 4.69) is 28.5 Å². The average molecular weight is 274 g/mol. The van der Waals surface area contributed by atoms with Crippen molar-refractivity contribution in [3.05, 3.63) is 42.1 Å². The van der Waals surface area contributed by atoms with Crippen LogP contribution in [0.25, 0.3) is 10.9 Å². The normalized spacial score (nSPS) is 11.1. The van der Waals surface area contributed by atoms with Crippen molar-refractivity contribution in [2.24, 2.45) is 0 Å². The summed E-state index contributed by atoms with van der Waals surface area (Å²) in [5, 5.41) is 4.67. The van der Waals surface area contributed by atoms with Gasteiger partial charge in [-0.25, -0.2) is 0 Å². The van der Waals surface area contributed by atoms with Gasteiger partial charge in [0.15, 0.2) is 0 Å². The third-order valence-electron chi connectivity index (χ3n) is 3.13. The van der Waals surface area contributed by atoms with Crippen LogP contribution in [0.1, 0.15) is 12.0 Å². The second-order valence-electron chi connectivity index (χ2n) is 4.62. The molecule has 4 nitrogen and oxygen atoms in total. The fourth-order valence-electron chi connectivity index (χ4n) is 2.08. The first-order valence-electron chi connectivity index (χ1n) is 7.02. The Bertz CT molecular complexity index is 511. The van der Waals surface area contributed by atoms with E-state index in [1.54, 1.807) is 7.11 Å². The Morgan fingerprint density at radius 1 is 1.10 bits per heavy atom. The number of nitrogens with zero attached hydrogens (tertiary/aromatic N) is 1. The van der Waals surface area contributed by atoms with Crippen LogP contribution in [0, 0.1) is 0 Å². The maximum absolute atomic E-state index is 5.42. The van der Waals surface area contributed by atoms with Crippen LogP contribution in [0.4, 0.5) is 0 Å². The van der Waals surface area contributed by atoms with Crippen LogP contribution in [-0.4, -0.2) is 38.5 Å². The molecule has 0 bridgehead atoms. The number of hydrogen-bond donors (Lipinski definition) is 1. The maximum atomic E-state index is 5.42.